The van der Waals surface area contributed by atoms with Gasteiger partial charge in [-0.05, 0) is 30.5 Å². The van der Waals surface area contributed by atoms with E-state index in [0.29, 0.717) is 24.8 Å². The SMILES string of the molecule is CCSNc1ccc(C(=O)N2CCN(CC3CCOC3)CC2)cc1OC(F)(F)F. The molecule has 1 aromatic rings. The summed E-state index contributed by atoms with van der Waals surface area (Å²) in [7, 11) is 0. The van der Waals surface area contributed by atoms with E-state index in [4.69, 9.17) is 4.74 Å². The molecule has 0 spiro atoms. The molecule has 29 heavy (non-hydrogen) atoms. The van der Waals surface area contributed by atoms with Gasteiger partial charge in [0, 0.05) is 50.6 Å². The van der Waals surface area contributed by atoms with E-state index in [1.165, 1.54) is 24.1 Å². The fraction of sp³-hybridized carbons (Fsp3) is 0.632. The zero-order valence-corrected chi connectivity index (χ0v) is 17.2. The minimum absolute atomic E-state index is 0.189. The lowest BCUT2D eigenvalue weighted by Gasteiger charge is -2.35. The van der Waals surface area contributed by atoms with Crippen LogP contribution in [0.25, 0.3) is 0 Å². The van der Waals surface area contributed by atoms with Crippen molar-refractivity contribution in [2.45, 2.75) is 19.7 Å². The molecular weight excluding hydrogens is 407 g/mol. The van der Waals surface area contributed by atoms with Crippen LogP contribution < -0.4 is 9.46 Å². The van der Waals surface area contributed by atoms with Crippen LogP contribution in [0.4, 0.5) is 18.9 Å². The fourth-order valence-corrected chi connectivity index (χ4v) is 3.98. The maximum atomic E-state index is 12.8. The Hall–Kier alpha value is -1.65. The van der Waals surface area contributed by atoms with Crippen molar-refractivity contribution in [3.63, 3.8) is 0 Å². The van der Waals surface area contributed by atoms with Gasteiger partial charge in [-0.3, -0.25) is 9.69 Å². The summed E-state index contributed by atoms with van der Waals surface area (Å²) in [6.45, 7) is 7.04. The number of ether oxygens (including phenoxy) is 2. The van der Waals surface area contributed by atoms with Crippen molar-refractivity contribution < 1.29 is 27.4 Å². The lowest BCUT2D eigenvalue weighted by molar-refractivity contribution is -0.274. The van der Waals surface area contributed by atoms with E-state index in [9.17, 15) is 18.0 Å². The highest BCUT2D eigenvalue weighted by Gasteiger charge is 2.33. The number of hydrogen-bond donors (Lipinski definition) is 1. The van der Waals surface area contributed by atoms with Gasteiger partial charge in [0.25, 0.3) is 5.91 Å². The molecule has 1 atom stereocenters. The Labute approximate surface area is 172 Å². The largest absolute Gasteiger partial charge is 0.573 e. The second kappa shape index (κ2) is 9.90. The number of piperazine rings is 1. The van der Waals surface area contributed by atoms with Crippen molar-refractivity contribution in [3.8, 4) is 5.75 Å². The molecule has 1 aromatic carbocycles. The quantitative estimate of drug-likeness (QED) is 0.665. The molecule has 2 aliphatic heterocycles. The molecule has 2 heterocycles. The Morgan fingerprint density at radius 2 is 2.07 bits per heavy atom. The van der Waals surface area contributed by atoms with E-state index in [2.05, 4.69) is 14.4 Å². The molecule has 0 aliphatic carbocycles. The number of benzene rings is 1. The number of carbonyl (C=O) groups excluding carboxylic acids is 1. The topological polar surface area (TPSA) is 54.0 Å². The summed E-state index contributed by atoms with van der Waals surface area (Å²) in [5.74, 6) is 0.531. The van der Waals surface area contributed by atoms with Crippen LogP contribution in [-0.4, -0.2) is 73.8 Å². The molecule has 3 rings (SSSR count). The summed E-state index contributed by atoms with van der Waals surface area (Å²) in [4.78, 5) is 16.8. The Morgan fingerprint density at radius 3 is 2.69 bits per heavy atom. The third-order valence-electron chi connectivity index (χ3n) is 4.98. The summed E-state index contributed by atoms with van der Waals surface area (Å²) in [6.07, 6.45) is -3.76. The van der Waals surface area contributed by atoms with Gasteiger partial charge in [0.1, 0.15) is 0 Å². The summed E-state index contributed by atoms with van der Waals surface area (Å²) < 4.78 is 50.7. The normalized spacial score (nSPS) is 20.7. The van der Waals surface area contributed by atoms with Crippen molar-refractivity contribution in [3.05, 3.63) is 23.8 Å². The zero-order chi connectivity index (χ0) is 20.9. The highest BCUT2D eigenvalue weighted by Crippen LogP contribution is 2.33. The second-order valence-corrected chi connectivity index (χ2v) is 8.19. The maximum Gasteiger partial charge on any atom is 0.573 e. The first-order chi connectivity index (χ1) is 13.9. The van der Waals surface area contributed by atoms with E-state index in [1.807, 2.05) is 6.92 Å². The van der Waals surface area contributed by atoms with Crippen LogP contribution in [0.2, 0.25) is 0 Å². The van der Waals surface area contributed by atoms with E-state index in [-0.39, 0.29) is 17.2 Å². The molecule has 1 unspecified atom stereocenters. The summed E-state index contributed by atoms with van der Waals surface area (Å²) in [5, 5.41) is 0. The van der Waals surface area contributed by atoms with Crippen LogP contribution in [0.1, 0.15) is 23.7 Å². The molecule has 0 bridgehead atoms. The highest BCUT2D eigenvalue weighted by molar-refractivity contribution is 8.00. The third kappa shape index (κ3) is 6.42. The van der Waals surface area contributed by atoms with Crippen molar-refractivity contribution >= 4 is 23.5 Å². The van der Waals surface area contributed by atoms with Gasteiger partial charge >= 0.3 is 6.36 Å². The molecule has 0 saturated carbocycles. The Balaban J connectivity index is 1.63. The van der Waals surface area contributed by atoms with Crippen molar-refractivity contribution in [2.75, 3.05) is 56.4 Å². The predicted octanol–water partition coefficient (Wildman–Crippen LogP) is 3.46. The molecule has 2 aliphatic rings. The van der Waals surface area contributed by atoms with Crippen molar-refractivity contribution in [1.82, 2.24) is 9.80 Å². The second-order valence-electron chi connectivity index (χ2n) is 7.12. The van der Waals surface area contributed by atoms with Crippen molar-refractivity contribution in [2.24, 2.45) is 5.92 Å². The van der Waals surface area contributed by atoms with Gasteiger partial charge in [0.05, 0.1) is 12.3 Å². The minimum Gasteiger partial charge on any atom is -0.404 e. The lowest BCUT2D eigenvalue weighted by atomic mass is 10.1. The van der Waals surface area contributed by atoms with Crippen LogP contribution in [0.3, 0.4) is 0 Å². The zero-order valence-electron chi connectivity index (χ0n) is 16.3. The number of halogens is 3. The van der Waals surface area contributed by atoms with Crippen LogP contribution >= 0.6 is 11.9 Å². The molecule has 10 heteroatoms. The van der Waals surface area contributed by atoms with Crippen LogP contribution in [-0.2, 0) is 4.74 Å². The third-order valence-corrected chi connectivity index (χ3v) is 5.63. The lowest BCUT2D eigenvalue weighted by Crippen LogP contribution is -2.49. The smallest absolute Gasteiger partial charge is 0.404 e. The van der Waals surface area contributed by atoms with Crippen LogP contribution in [0, 0.1) is 5.92 Å². The average Bonchev–Trinajstić information content (AvgIpc) is 3.19. The van der Waals surface area contributed by atoms with Gasteiger partial charge in [-0.2, -0.15) is 0 Å². The standard InChI is InChI=1S/C19H26F3N3O3S/c1-2-29-23-16-4-3-15(11-17(16)28-19(20,21)22)18(26)25-8-6-24(7-9-25)12-14-5-10-27-13-14/h3-4,11,14,23H,2,5-10,12-13H2,1H3. The van der Waals surface area contributed by atoms with E-state index >= 15 is 0 Å². The van der Waals surface area contributed by atoms with Gasteiger partial charge in [-0.15, -0.1) is 13.2 Å². The number of amides is 1. The molecule has 2 fully saturated rings. The first-order valence-corrected chi connectivity index (χ1v) is 10.7. The Bertz CT molecular complexity index is 691. The summed E-state index contributed by atoms with van der Waals surface area (Å²) >= 11 is 1.25. The summed E-state index contributed by atoms with van der Waals surface area (Å²) in [5.41, 5.74) is 0.378. The van der Waals surface area contributed by atoms with E-state index in [1.54, 1.807) is 4.90 Å². The summed E-state index contributed by atoms with van der Waals surface area (Å²) in [6, 6.07) is 4.15. The number of hydrogen-bond acceptors (Lipinski definition) is 6. The monoisotopic (exact) mass is 433 g/mol. The molecule has 0 aromatic heterocycles. The van der Waals surface area contributed by atoms with Gasteiger partial charge in [0.2, 0.25) is 0 Å². The molecule has 2 saturated heterocycles. The van der Waals surface area contributed by atoms with Crippen molar-refractivity contribution in [1.29, 1.82) is 0 Å². The predicted molar refractivity (Wildman–Crippen MR) is 106 cm³/mol. The first kappa shape index (κ1) is 22.0. The van der Waals surface area contributed by atoms with Gasteiger partial charge in [-0.1, -0.05) is 18.9 Å². The highest BCUT2D eigenvalue weighted by atomic mass is 32.2. The van der Waals surface area contributed by atoms with Gasteiger partial charge in [-0.25, -0.2) is 0 Å². The first-order valence-electron chi connectivity index (χ1n) is 9.72. The molecule has 162 valence electrons. The molecular formula is C19H26F3N3O3S. The van der Waals surface area contributed by atoms with Crippen LogP contribution in [0.15, 0.2) is 18.2 Å². The molecule has 1 N–H and O–H groups in total. The fourth-order valence-electron chi connectivity index (χ4n) is 3.51. The number of nitrogens with zero attached hydrogens (tertiary/aromatic N) is 2. The number of anilines is 1. The Morgan fingerprint density at radius 1 is 1.31 bits per heavy atom. The number of alkyl halides is 3. The van der Waals surface area contributed by atoms with E-state index in [0.717, 1.165) is 45.3 Å². The number of rotatable bonds is 7. The van der Waals surface area contributed by atoms with Gasteiger partial charge in [0.15, 0.2) is 5.75 Å². The van der Waals surface area contributed by atoms with Crippen LogP contribution in [0.5, 0.6) is 5.75 Å². The van der Waals surface area contributed by atoms with E-state index < -0.39 is 12.1 Å². The average molecular weight is 433 g/mol. The number of carbonyl (C=O) groups is 1. The minimum atomic E-state index is -4.83. The maximum absolute atomic E-state index is 12.8. The number of nitrogens with one attached hydrogen (secondary N) is 1. The molecule has 1 amide bonds. The molecule has 0 radical (unpaired) electrons. The molecule has 6 nitrogen and oxygen atoms in total. The Kier molecular flexibility index (Phi) is 7.53. The van der Waals surface area contributed by atoms with Gasteiger partial charge < -0.3 is 19.1 Å².